The minimum atomic E-state index is 0.777. The summed E-state index contributed by atoms with van der Waals surface area (Å²) in [4.78, 5) is 2.71. The predicted octanol–water partition coefficient (Wildman–Crippen LogP) is 2.09. The SMILES string of the molecule is CC1CCC(N2CCC(CN)C2)CC1C. The molecule has 0 aromatic rings. The van der Waals surface area contributed by atoms with Gasteiger partial charge in [-0.3, -0.25) is 0 Å². The van der Waals surface area contributed by atoms with Gasteiger partial charge in [-0.15, -0.1) is 0 Å². The second-order valence-electron chi connectivity index (χ2n) is 5.81. The van der Waals surface area contributed by atoms with Gasteiger partial charge in [0.2, 0.25) is 0 Å². The van der Waals surface area contributed by atoms with Gasteiger partial charge in [0.1, 0.15) is 0 Å². The zero-order valence-electron chi connectivity index (χ0n) is 10.3. The van der Waals surface area contributed by atoms with E-state index in [9.17, 15) is 0 Å². The molecule has 2 fully saturated rings. The molecule has 1 aliphatic carbocycles. The van der Waals surface area contributed by atoms with E-state index in [2.05, 4.69) is 18.7 Å². The number of hydrogen-bond acceptors (Lipinski definition) is 2. The highest BCUT2D eigenvalue weighted by molar-refractivity contribution is 4.86. The van der Waals surface area contributed by atoms with Crippen LogP contribution in [0.15, 0.2) is 0 Å². The Bertz CT molecular complexity index is 205. The lowest BCUT2D eigenvalue weighted by Gasteiger charge is -2.37. The van der Waals surface area contributed by atoms with Crippen molar-refractivity contribution in [2.45, 2.75) is 45.6 Å². The molecule has 4 unspecified atom stereocenters. The first kappa shape index (κ1) is 11.4. The van der Waals surface area contributed by atoms with Crippen LogP contribution in [0.2, 0.25) is 0 Å². The van der Waals surface area contributed by atoms with E-state index >= 15 is 0 Å². The highest BCUT2D eigenvalue weighted by atomic mass is 15.2. The monoisotopic (exact) mass is 210 g/mol. The molecule has 1 saturated carbocycles. The Morgan fingerprint density at radius 1 is 1.13 bits per heavy atom. The minimum absolute atomic E-state index is 0.777. The molecule has 88 valence electrons. The standard InChI is InChI=1S/C13H26N2/c1-10-3-4-13(7-11(10)2)15-6-5-12(8-14)9-15/h10-13H,3-9,14H2,1-2H3. The molecule has 15 heavy (non-hydrogen) atoms. The van der Waals surface area contributed by atoms with Crippen molar-refractivity contribution in [2.75, 3.05) is 19.6 Å². The summed E-state index contributed by atoms with van der Waals surface area (Å²) in [7, 11) is 0. The van der Waals surface area contributed by atoms with Crippen LogP contribution >= 0.6 is 0 Å². The molecule has 2 N–H and O–H groups in total. The molecule has 0 amide bonds. The van der Waals surface area contributed by atoms with Crippen molar-refractivity contribution >= 4 is 0 Å². The second kappa shape index (κ2) is 4.84. The molecule has 2 aliphatic rings. The zero-order chi connectivity index (χ0) is 10.8. The fraction of sp³-hybridized carbons (Fsp3) is 1.00. The molecule has 2 heteroatoms. The summed E-state index contributed by atoms with van der Waals surface area (Å²) in [5, 5.41) is 0. The van der Waals surface area contributed by atoms with E-state index < -0.39 is 0 Å². The molecule has 0 spiro atoms. The molecule has 1 heterocycles. The quantitative estimate of drug-likeness (QED) is 0.756. The number of nitrogens with two attached hydrogens (primary N) is 1. The van der Waals surface area contributed by atoms with Gasteiger partial charge in [-0.2, -0.15) is 0 Å². The summed E-state index contributed by atoms with van der Waals surface area (Å²) in [6.07, 6.45) is 5.59. The van der Waals surface area contributed by atoms with E-state index in [-0.39, 0.29) is 0 Å². The van der Waals surface area contributed by atoms with Gasteiger partial charge in [0.15, 0.2) is 0 Å². The van der Waals surface area contributed by atoms with Crippen molar-refractivity contribution < 1.29 is 0 Å². The van der Waals surface area contributed by atoms with Crippen LogP contribution < -0.4 is 5.73 Å². The first-order valence-corrected chi connectivity index (χ1v) is 6.64. The molecule has 2 rings (SSSR count). The fourth-order valence-electron chi connectivity index (χ4n) is 3.24. The van der Waals surface area contributed by atoms with Crippen LogP contribution in [-0.2, 0) is 0 Å². The van der Waals surface area contributed by atoms with E-state index in [0.717, 1.165) is 30.3 Å². The van der Waals surface area contributed by atoms with Crippen LogP contribution in [0.1, 0.15) is 39.5 Å². The van der Waals surface area contributed by atoms with E-state index in [1.807, 2.05) is 0 Å². The Labute approximate surface area is 94.2 Å². The molecule has 1 saturated heterocycles. The van der Waals surface area contributed by atoms with Crippen molar-refractivity contribution in [1.29, 1.82) is 0 Å². The second-order valence-corrected chi connectivity index (χ2v) is 5.81. The lowest BCUT2D eigenvalue weighted by Crippen LogP contribution is -2.39. The van der Waals surface area contributed by atoms with Gasteiger partial charge >= 0.3 is 0 Å². The molecule has 0 aromatic carbocycles. The zero-order valence-corrected chi connectivity index (χ0v) is 10.3. The first-order chi connectivity index (χ1) is 7.20. The average molecular weight is 210 g/mol. The first-order valence-electron chi connectivity index (χ1n) is 6.64. The summed E-state index contributed by atoms with van der Waals surface area (Å²) in [5.41, 5.74) is 5.75. The van der Waals surface area contributed by atoms with Gasteiger partial charge < -0.3 is 10.6 Å². The third-order valence-corrected chi connectivity index (χ3v) is 4.74. The van der Waals surface area contributed by atoms with Gasteiger partial charge in [-0.25, -0.2) is 0 Å². The third kappa shape index (κ3) is 2.54. The number of nitrogens with zero attached hydrogens (tertiary/aromatic N) is 1. The Morgan fingerprint density at radius 2 is 1.93 bits per heavy atom. The molecule has 0 radical (unpaired) electrons. The van der Waals surface area contributed by atoms with Gasteiger partial charge in [0, 0.05) is 12.6 Å². The summed E-state index contributed by atoms with van der Waals surface area (Å²) < 4.78 is 0. The normalized spacial score (nSPS) is 43.4. The Kier molecular flexibility index (Phi) is 3.68. The lowest BCUT2D eigenvalue weighted by molar-refractivity contribution is 0.127. The maximum Gasteiger partial charge on any atom is 0.00981 e. The number of hydrogen-bond donors (Lipinski definition) is 1. The summed E-state index contributed by atoms with van der Waals surface area (Å²) >= 11 is 0. The highest BCUT2D eigenvalue weighted by Gasteiger charge is 2.32. The van der Waals surface area contributed by atoms with Gasteiger partial charge in [0.05, 0.1) is 0 Å². The summed E-state index contributed by atoms with van der Waals surface area (Å²) in [5.74, 6) is 2.63. The van der Waals surface area contributed by atoms with E-state index in [4.69, 9.17) is 5.73 Å². The molecule has 0 bridgehead atoms. The Hall–Kier alpha value is -0.0800. The maximum atomic E-state index is 5.75. The van der Waals surface area contributed by atoms with Gasteiger partial charge in [-0.1, -0.05) is 13.8 Å². The van der Waals surface area contributed by atoms with Crippen molar-refractivity contribution in [1.82, 2.24) is 4.90 Å². The van der Waals surface area contributed by atoms with Crippen LogP contribution in [0.5, 0.6) is 0 Å². The average Bonchev–Trinajstić information content (AvgIpc) is 2.70. The van der Waals surface area contributed by atoms with Crippen LogP contribution in [-0.4, -0.2) is 30.6 Å². The van der Waals surface area contributed by atoms with E-state index in [0.29, 0.717) is 0 Å². The summed E-state index contributed by atoms with van der Waals surface area (Å²) in [6, 6.07) is 0.868. The van der Waals surface area contributed by atoms with Crippen LogP contribution in [0.4, 0.5) is 0 Å². The van der Waals surface area contributed by atoms with E-state index in [1.165, 1.54) is 38.8 Å². The van der Waals surface area contributed by atoms with Crippen LogP contribution in [0.25, 0.3) is 0 Å². The van der Waals surface area contributed by atoms with Crippen molar-refractivity contribution in [3.8, 4) is 0 Å². The Balaban J connectivity index is 1.84. The van der Waals surface area contributed by atoms with Crippen molar-refractivity contribution in [2.24, 2.45) is 23.5 Å². The summed E-state index contributed by atoms with van der Waals surface area (Å²) in [6.45, 7) is 8.28. The van der Waals surface area contributed by atoms with Crippen molar-refractivity contribution in [3.05, 3.63) is 0 Å². The molecule has 2 nitrogen and oxygen atoms in total. The molecule has 0 aromatic heterocycles. The van der Waals surface area contributed by atoms with Crippen LogP contribution in [0.3, 0.4) is 0 Å². The smallest absolute Gasteiger partial charge is 0.00981 e. The lowest BCUT2D eigenvalue weighted by atomic mass is 9.78. The fourth-order valence-corrected chi connectivity index (χ4v) is 3.24. The minimum Gasteiger partial charge on any atom is -0.330 e. The highest BCUT2D eigenvalue weighted by Crippen LogP contribution is 2.33. The van der Waals surface area contributed by atoms with Gasteiger partial charge in [-0.05, 0) is 56.5 Å². The maximum absolute atomic E-state index is 5.75. The molecule has 4 atom stereocenters. The molecular weight excluding hydrogens is 184 g/mol. The largest absolute Gasteiger partial charge is 0.330 e. The van der Waals surface area contributed by atoms with E-state index in [1.54, 1.807) is 0 Å². The van der Waals surface area contributed by atoms with Crippen molar-refractivity contribution in [3.63, 3.8) is 0 Å². The van der Waals surface area contributed by atoms with Crippen LogP contribution in [0, 0.1) is 17.8 Å². The molecule has 1 aliphatic heterocycles. The third-order valence-electron chi connectivity index (χ3n) is 4.74. The Morgan fingerprint density at radius 3 is 2.53 bits per heavy atom. The topological polar surface area (TPSA) is 29.3 Å². The number of rotatable bonds is 2. The predicted molar refractivity (Wildman–Crippen MR) is 64.7 cm³/mol. The number of likely N-dealkylation sites (tertiary alicyclic amines) is 1. The van der Waals surface area contributed by atoms with Gasteiger partial charge in [0.25, 0.3) is 0 Å². The molecular formula is C13H26N2.